The summed E-state index contributed by atoms with van der Waals surface area (Å²) in [6.45, 7) is 1.99. The quantitative estimate of drug-likeness (QED) is 0.839. The van der Waals surface area contributed by atoms with Crippen molar-refractivity contribution in [3.63, 3.8) is 0 Å². The van der Waals surface area contributed by atoms with Gasteiger partial charge in [-0.25, -0.2) is 0 Å². The Morgan fingerprint density at radius 2 is 1.88 bits per heavy atom. The van der Waals surface area contributed by atoms with Gasteiger partial charge in [-0.3, -0.25) is 4.79 Å². The van der Waals surface area contributed by atoms with Crippen molar-refractivity contribution >= 4 is 17.6 Å². The highest BCUT2D eigenvalue weighted by Crippen LogP contribution is 2.17. The number of amides is 1. The maximum absolute atomic E-state index is 12.4. The van der Waals surface area contributed by atoms with E-state index in [1.165, 1.54) is 0 Å². The fraction of sp³-hybridized carbons (Fsp3) is 0.250. The number of aliphatic carboxylic acids is 1. The zero-order valence-corrected chi connectivity index (χ0v) is 14.3. The normalized spacial score (nSPS) is 17.1. The number of hydrogen-bond acceptors (Lipinski definition) is 5. The number of rotatable bonds is 6. The predicted octanol–water partition coefficient (Wildman–Crippen LogP) is 0.965. The van der Waals surface area contributed by atoms with Crippen LogP contribution in [0.25, 0.3) is 0 Å². The number of carbonyl (C=O) groups is 2. The first kappa shape index (κ1) is 17.7. The molecule has 0 aliphatic carbocycles. The van der Waals surface area contributed by atoms with Gasteiger partial charge in [0.1, 0.15) is 0 Å². The van der Waals surface area contributed by atoms with E-state index in [1.54, 1.807) is 12.1 Å². The van der Waals surface area contributed by atoms with E-state index in [0.29, 0.717) is 12.1 Å². The van der Waals surface area contributed by atoms with Gasteiger partial charge in [0, 0.05) is 6.42 Å². The van der Waals surface area contributed by atoms with E-state index in [0.717, 1.165) is 16.7 Å². The molecule has 0 aromatic heterocycles. The van der Waals surface area contributed by atoms with Crippen LogP contribution in [0.3, 0.4) is 0 Å². The zero-order valence-electron chi connectivity index (χ0n) is 14.3. The van der Waals surface area contributed by atoms with Crippen molar-refractivity contribution in [1.82, 2.24) is 5.32 Å². The lowest BCUT2D eigenvalue weighted by Crippen LogP contribution is -2.51. The molecule has 1 aliphatic heterocycles. The first-order valence-corrected chi connectivity index (χ1v) is 8.38. The summed E-state index contributed by atoms with van der Waals surface area (Å²) in [7, 11) is 0. The number of hydrogen-bond donors (Lipinski definition) is 1. The summed E-state index contributed by atoms with van der Waals surface area (Å²) in [6.07, 6.45) is -0.406. The van der Waals surface area contributed by atoms with Gasteiger partial charge in [0.05, 0.1) is 17.7 Å². The molecule has 0 fully saturated rings. The summed E-state index contributed by atoms with van der Waals surface area (Å²) in [5.74, 6) is -1.85. The average Bonchev–Trinajstić information content (AvgIpc) is 3.13. The topological polar surface area (TPSA) is 90.8 Å². The molecule has 1 N–H and O–H groups in total. The van der Waals surface area contributed by atoms with Crippen molar-refractivity contribution in [2.24, 2.45) is 5.16 Å². The van der Waals surface area contributed by atoms with Gasteiger partial charge >= 0.3 is 0 Å². The molecule has 1 amide bonds. The van der Waals surface area contributed by atoms with E-state index >= 15 is 0 Å². The monoisotopic (exact) mass is 351 g/mol. The Kier molecular flexibility index (Phi) is 5.31. The van der Waals surface area contributed by atoms with Crippen molar-refractivity contribution < 1.29 is 19.5 Å². The standard InChI is InChI=1S/C20H20N2O4/c1-13-7-9-15(10-8-13)16-12-18(26-22-16)19(23)21-17(20(24)25)11-14-5-3-2-4-6-14/h2-10,17-18H,11-12H2,1H3,(H,21,23)(H,24,25)/p-1/t17-,18-/m0/s1. The predicted molar refractivity (Wildman–Crippen MR) is 94.3 cm³/mol. The second-order valence-corrected chi connectivity index (χ2v) is 6.27. The molecular weight excluding hydrogens is 332 g/mol. The molecule has 2 atom stereocenters. The highest BCUT2D eigenvalue weighted by molar-refractivity contribution is 6.04. The van der Waals surface area contributed by atoms with E-state index < -0.39 is 24.0 Å². The van der Waals surface area contributed by atoms with Crippen molar-refractivity contribution in [2.45, 2.75) is 31.9 Å². The highest BCUT2D eigenvalue weighted by atomic mass is 16.6. The van der Waals surface area contributed by atoms with Crippen molar-refractivity contribution in [2.75, 3.05) is 0 Å². The fourth-order valence-electron chi connectivity index (χ4n) is 2.74. The molecule has 1 aliphatic rings. The third-order valence-corrected chi connectivity index (χ3v) is 4.23. The summed E-state index contributed by atoms with van der Waals surface area (Å²) in [6, 6.07) is 15.7. The molecule has 0 bridgehead atoms. The lowest BCUT2D eigenvalue weighted by Gasteiger charge is -2.21. The van der Waals surface area contributed by atoms with E-state index in [1.807, 2.05) is 49.4 Å². The maximum Gasteiger partial charge on any atom is 0.264 e. The Bertz CT molecular complexity index is 815. The van der Waals surface area contributed by atoms with Crippen LogP contribution in [-0.4, -0.2) is 29.7 Å². The molecule has 26 heavy (non-hydrogen) atoms. The van der Waals surface area contributed by atoms with Crippen LogP contribution in [0.1, 0.15) is 23.1 Å². The molecule has 3 rings (SSSR count). The molecule has 2 aromatic carbocycles. The SMILES string of the molecule is Cc1ccc(C2=NO[C@H](C(=O)N[C@@H](Cc3ccccc3)C(=O)[O-])C2)cc1. The van der Waals surface area contributed by atoms with Crippen LogP contribution < -0.4 is 10.4 Å². The Balaban J connectivity index is 1.60. The molecule has 1 heterocycles. The van der Waals surface area contributed by atoms with Crippen LogP contribution in [-0.2, 0) is 20.8 Å². The summed E-state index contributed by atoms with van der Waals surface area (Å²) < 4.78 is 0. The molecule has 6 nitrogen and oxygen atoms in total. The minimum atomic E-state index is -1.33. The van der Waals surface area contributed by atoms with Crippen molar-refractivity contribution in [3.8, 4) is 0 Å². The number of carbonyl (C=O) groups excluding carboxylic acids is 2. The summed E-state index contributed by atoms with van der Waals surface area (Å²) >= 11 is 0. The average molecular weight is 351 g/mol. The fourth-order valence-corrected chi connectivity index (χ4v) is 2.74. The molecule has 2 aromatic rings. The second kappa shape index (κ2) is 7.82. The van der Waals surface area contributed by atoms with Gasteiger partial charge < -0.3 is 20.1 Å². The minimum Gasteiger partial charge on any atom is -0.548 e. The summed E-state index contributed by atoms with van der Waals surface area (Å²) in [5, 5.41) is 17.8. The number of carboxylic acid groups (broad SMARTS) is 1. The van der Waals surface area contributed by atoms with Crippen LogP contribution in [0.5, 0.6) is 0 Å². The van der Waals surface area contributed by atoms with Crippen LogP contribution in [0.2, 0.25) is 0 Å². The third kappa shape index (κ3) is 4.27. The third-order valence-electron chi connectivity index (χ3n) is 4.23. The van der Waals surface area contributed by atoms with Crippen molar-refractivity contribution in [1.29, 1.82) is 0 Å². The molecule has 0 radical (unpaired) electrons. The zero-order chi connectivity index (χ0) is 18.5. The number of nitrogens with zero attached hydrogens (tertiary/aromatic N) is 1. The van der Waals surface area contributed by atoms with Crippen LogP contribution >= 0.6 is 0 Å². The van der Waals surface area contributed by atoms with Gasteiger partial charge in [0.15, 0.2) is 0 Å². The van der Waals surface area contributed by atoms with Gasteiger partial charge in [0.25, 0.3) is 5.91 Å². The molecule has 6 heteroatoms. The van der Waals surface area contributed by atoms with Gasteiger partial charge in [-0.1, -0.05) is 65.3 Å². The first-order chi connectivity index (χ1) is 12.5. The van der Waals surface area contributed by atoms with E-state index in [2.05, 4.69) is 10.5 Å². The Morgan fingerprint density at radius 3 is 2.54 bits per heavy atom. The van der Waals surface area contributed by atoms with Crippen LogP contribution in [0.4, 0.5) is 0 Å². The van der Waals surface area contributed by atoms with Gasteiger partial charge in [0.2, 0.25) is 6.10 Å². The number of carboxylic acids is 1. The molecule has 0 saturated heterocycles. The van der Waals surface area contributed by atoms with E-state index in [4.69, 9.17) is 4.84 Å². The second-order valence-electron chi connectivity index (χ2n) is 6.27. The maximum atomic E-state index is 12.4. The highest BCUT2D eigenvalue weighted by Gasteiger charge is 2.30. The summed E-state index contributed by atoms with van der Waals surface area (Å²) in [4.78, 5) is 29.0. The molecule has 134 valence electrons. The number of oxime groups is 1. The van der Waals surface area contributed by atoms with Gasteiger partial charge in [-0.15, -0.1) is 0 Å². The number of benzene rings is 2. The largest absolute Gasteiger partial charge is 0.548 e. The minimum absolute atomic E-state index is 0.146. The van der Waals surface area contributed by atoms with Gasteiger partial charge in [-0.05, 0) is 24.5 Å². The van der Waals surface area contributed by atoms with Gasteiger partial charge in [-0.2, -0.15) is 0 Å². The molecule has 0 saturated carbocycles. The first-order valence-electron chi connectivity index (χ1n) is 8.38. The summed E-state index contributed by atoms with van der Waals surface area (Å²) in [5.41, 5.74) is 3.47. The number of aryl methyl sites for hydroxylation is 1. The Labute approximate surface area is 151 Å². The van der Waals surface area contributed by atoms with Crippen LogP contribution in [0, 0.1) is 6.92 Å². The molecule has 0 spiro atoms. The van der Waals surface area contributed by atoms with E-state index in [9.17, 15) is 14.7 Å². The Hall–Kier alpha value is -3.15. The Morgan fingerprint density at radius 1 is 1.19 bits per heavy atom. The smallest absolute Gasteiger partial charge is 0.264 e. The van der Waals surface area contributed by atoms with E-state index in [-0.39, 0.29) is 6.42 Å². The van der Waals surface area contributed by atoms with Crippen molar-refractivity contribution in [3.05, 3.63) is 71.3 Å². The molecule has 0 unspecified atom stereocenters. The number of nitrogens with one attached hydrogen (secondary N) is 1. The molecular formula is C20H19N2O4-. The van der Waals surface area contributed by atoms with Crippen LogP contribution in [0.15, 0.2) is 59.8 Å². The lowest BCUT2D eigenvalue weighted by molar-refractivity contribution is -0.308. The lowest BCUT2D eigenvalue weighted by atomic mass is 10.0.